The number of ether oxygens (including phenoxy) is 1. The molecule has 2 aromatic rings. The fourth-order valence-corrected chi connectivity index (χ4v) is 5.12. The minimum Gasteiger partial charge on any atom is -0.446 e. The molecule has 3 atom stereocenters. The van der Waals surface area contributed by atoms with Crippen LogP contribution in [-0.2, 0) is 16.9 Å². The second-order valence-corrected chi connectivity index (χ2v) is 8.69. The van der Waals surface area contributed by atoms with Crippen LogP contribution in [0.5, 0.6) is 0 Å². The van der Waals surface area contributed by atoms with E-state index in [1.54, 1.807) is 18.0 Å². The van der Waals surface area contributed by atoms with Crippen LogP contribution in [0.1, 0.15) is 43.0 Å². The molecule has 1 saturated heterocycles. The first-order chi connectivity index (χ1) is 15.6. The van der Waals surface area contributed by atoms with Crippen LogP contribution in [0.3, 0.4) is 0 Å². The summed E-state index contributed by atoms with van der Waals surface area (Å²) in [5, 5.41) is 13.1. The number of aliphatic hydroxyl groups is 1. The lowest BCUT2D eigenvalue weighted by Crippen LogP contribution is -2.49. The van der Waals surface area contributed by atoms with Crippen LogP contribution in [0, 0.1) is 17.6 Å². The van der Waals surface area contributed by atoms with Crippen molar-refractivity contribution in [2.24, 2.45) is 10.9 Å². The number of thioether (sulfide) groups is 1. The summed E-state index contributed by atoms with van der Waals surface area (Å²) in [5.41, 5.74) is -0.266. The maximum absolute atomic E-state index is 14.9. The summed E-state index contributed by atoms with van der Waals surface area (Å²) in [5.74, 6) is -0.333. The number of aliphatic imine (C=N–C) groups is 1. The number of nitrogens with zero attached hydrogens (tertiary/aromatic N) is 2. The van der Waals surface area contributed by atoms with E-state index in [1.165, 1.54) is 18.4 Å². The monoisotopic (exact) mass is 461 g/mol. The highest BCUT2D eigenvalue weighted by Crippen LogP contribution is 2.49. The van der Waals surface area contributed by atoms with Gasteiger partial charge in [0.15, 0.2) is 5.17 Å². The molecule has 2 N–H and O–H groups in total. The Kier molecular flexibility index (Phi) is 7.07. The summed E-state index contributed by atoms with van der Waals surface area (Å²) in [6, 6.07) is 3.58. The molecule has 2 aliphatic heterocycles. The van der Waals surface area contributed by atoms with Gasteiger partial charge < -0.3 is 19.6 Å². The lowest BCUT2D eigenvalue weighted by atomic mass is 9.75. The fourth-order valence-electron chi connectivity index (χ4n) is 3.97. The highest BCUT2D eigenvalue weighted by Gasteiger charge is 2.50. The van der Waals surface area contributed by atoms with Gasteiger partial charge in [0.25, 0.3) is 0 Å². The molecule has 0 unspecified atom stereocenters. The summed E-state index contributed by atoms with van der Waals surface area (Å²) >= 11 is 1.54. The van der Waals surface area contributed by atoms with Crippen LogP contribution in [0.4, 0.5) is 8.78 Å². The molecule has 0 radical (unpaired) electrons. The number of hydrogen-bond donors (Lipinski definition) is 2. The Morgan fingerprint density at radius 3 is 2.97 bits per heavy atom. The molecular formula is C23H25F2N3O3S. The van der Waals surface area contributed by atoms with E-state index in [9.17, 15) is 13.9 Å². The van der Waals surface area contributed by atoms with Crippen molar-refractivity contribution in [3.63, 3.8) is 0 Å². The normalized spacial score (nSPS) is 25.8. The third-order valence-electron chi connectivity index (χ3n) is 5.59. The van der Waals surface area contributed by atoms with Crippen molar-refractivity contribution >= 4 is 16.9 Å². The van der Waals surface area contributed by atoms with E-state index in [2.05, 4.69) is 17.2 Å². The van der Waals surface area contributed by atoms with Gasteiger partial charge in [-0.25, -0.2) is 18.8 Å². The van der Waals surface area contributed by atoms with Crippen molar-refractivity contribution in [3.05, 3.63) is 77.7 Å². The highest BCUT2D eigenvalue weighted by atomic mass is 32.2. The number of hydrogen-bond acceptors (Lipinski definition) is 7. The molecule has 4 rings (SSSR count). The van der Waals surface area contributed by atoms with Gasteiger partial charge in [0.2, 0.25) is 5.89 Å². The third kappa shape index (κ3) is 4.65. The number of allylic oxidation sites excluding steroid dienone is 3. The van der Waals surface area contributed by atoms with Crippen molar-refractivity contribution in [1.29, 1.82) is 0 Å². The number of benzene rings is 1. The van der Waals surface area contributed by atoms with Gasteiger partial charge in [-0.2, -0.15) is 0 Å². The van der Waals surface area contributed by atoms with Gasteiger partial charge in [-0.3, -0.25) is 0 Å². The van der Waals surface area contributed by atoms with Gasteiger partial charge in [-0.05, 0) is 25.0 Å². The predicted molar refractivity (Wildman–Crippen MR) is 119 cm³/mol. The van der Waals surface area contributed by atoms with E-state index in [4.69, 9.17) is 14.1 Å². The van der Waals surface area contributed by atoms with E-state index >= 15 is 0 Å². The average molecular weight is 462 g/mol. The Balaban J connectivity index is 1.64. The molecule has 6 nitrogen and oxygen atoms in total. The molecule has 1 aromatic carbocycles. The van der Waals surface area contributed by atoms with Crippen molar-refractivity contribution in [3.8, 4) is 0 Å². The number of amidine groups is 1. The number of rotatable bonds is 6. The Labute approximate surface area is 189 Å². The average Bonchev–Trinajstić information content (AvgIpc) is 3.28. The van der Waals surface area contributed by atoms with Crippen molar-refractivity contribution < 1.29 is 23.0 Å². The van der Waals surface area contributed by atoms with Crippen LogP contribution in [0.2, 0.25) is 0 Å². The molecule has 0 bridgehead atoms. The van der Waals surface area contributed by atoms with Crippen LogP contribution in [-0.4, -0.2) is 27.6 Å². The summed E-state index contributed by atoms with van der Waals surface area (Å²) in [6.07, 6.45) is 10.0. The first-order valence-electron chi connectivity index (χ1n) is 10.5. The lowest BCUT2D eigenvalue weighted by Gasteiger charge is -2.46. The van der Waals surface area contributed by atoms with Crippen LogP contribution in [0.25, 0.3) is 0 Å². The first-order valence-corrected chi connectivity index (χ1v) is 11.5. The zero-order valence-electron chi connectivity index (χ0n) is 17.6. The minimum absolute atomic E-state index is 0.0902. The molecular weight excluding hydrogens is 436 g/mol. The van der Waals surface area contributed by atoms with E-state index < -0.39 is 23.3 Å². The van der Waals surface area contributed by atoms with Crippen LogP contribution in [0.15, 0.2) is 58.3 Å². The first kappa shape index (κ1) is 22.7. The topological polar surface area (TPSA) is 79.9 Å². The van der Waals surface area contributed by atoms with Gasteiger partial charge >= 0.3 is 0 Å². The minimum atomic E-state index is -0.999. The van der Waals surface area contributed by atoms with Crippen LogP contribution < -0.4 is 5.32 Å². The molecule has 0 saturated carbocycles. The van der Waals surface area contributed by atoms with E-state index in [1.807, 2.05) is 18.2 Å². The smallest absolute Gasteiger partial charge is 0.223 e. The standard InChI is InChI=1S/C23H25F2N3O3S/c1-2-3-4-5-8-26-22-28-23(18-7-6-16(24)10-19(18)25)14-31-20(9-15(23)13-32-22)21-27-17(11-29)12-30-21/h3-8,10,12,15,20,29H,2,9,11,13-14H2,1H3,(H,26,28)/b4-3-,8-5-/t15-,20+,23-/m0/s1. The maximum atomic E-state index is 14.9. The molecule has 9 heteroatoms. The molecule has 3 heterocycles. The molecule has 1 fully saturated rings. The zero-order chi connectivity index (χ0) is 22.6. The molecule has 1 aromatic heterocycles. The Morgan fingerprint density at radius 1 is 1.34 bits per heavy atom. The zero-order valence-corrected chi connectivity index (χ0v) is 18.4. The van der Waals surface area contributed by atoms with E-state index in [0.29, 0.717) is 34.5 Å². The van der Waals surface area contributed by atoms with Crippen molar-refractivity contribution in [1.82, 2.24) is 10.3 Å². The third-order valence-corrected chi connectivity index (χ3v) is 6.64. The summed E-state index contributed by atoms with van der Waals surface area (Å²) < 4.78 is 40.1. The predicted octanol–water partition coefficient (Wildman–Crippen LogP) is 4.59. The summed E-state index contributed by atoms with van der Waals surface area (Å²) in [6.45, 7) is 1.92. The van der Waals surface area contributed by atoms with E-state index in [0.717, 1.165) is 12.5 Å². The van der Waals surface area contributed by atoms with Gasteiger partial charge in [0.05, 0.1) is 13.2 Å². The van der Waals surface area contributed by atoms with Gasteiger partial charge in [0.1, 0.15) is 35.2 Å². The molecule has 32 heavy (non-hydrogen) atoms. The number of fused-ring (bicyclic) bond motifs is 1. The number of oxazole rings is 1. The quantitative estimate of drug-likeness (QED) is 0.613. The number of aliphatic hydroxyl groups excluding tert-OH is 1. The van der Waals surface area contributed by atoms with Gasteiger partial charge in [0, 0.05) is 29.5 Å². The van der Waals surface area contributed by atoms with Gasteiger partial charge in [-0.15, -0.1) is 0 Å². The molecule has 170 valence electrons. The second-order valence-electron chi connectivity index (χ2n) is 7.68. The molecule has 2 aliphatic rings. The summed E-state index contributed by atoms with van der Waals surface area (Å²) in [7, 11) is 0. The van der Waals surface area contributed by atoms with Crippen LogP contribution >= 0.6 is 11.8 Å². The van der Waals surface area contributed by atoms with Gasteiger partial charge in [-0.1, -0.05) is 36.9 Å². The molecule has 0 spiro atoms. The number of halogens is 2. The number of nitrogens with one attached hydrogen (secondary N) is 1. The Bertz CT molecular complexity index is 1040. The van der Waals surface area contributed by atoms with E-state index in [-0.39, 0.29) is 19.1 Å². The lowest BCUT2D eigenvalue weighted by molar-refractivity contribution is -0.0698. The fraction of sp³-hybridized carbons (Fsp3) is 0.391. The molecule has 0 aliphatic carbocycles. The second kappa shape index (κ2) is 9.97. The Hall–Kier alpha value is -2.49. The molecule has 0 amide bonds. The number of aromatic nitrogens is 1. The maximum Gasteiger partial charge on any atom is 0.223 e. The highest BCUT2D eigenvalue weighted by molar-refractivity contribution is 8.13. The van der Waals surface area contributed by atoms with Crippen molar-refractivity contribution in [2.45, 2.75) is 38.0 Å². The van der Waals surface area contributed by atoms with Crippen molar-refractivity contribution in [2.75, 3.05) is 12.4 Å². The largest absolute Gasteiger partial charge is 0.446 e. The summed E-state index contributed by atoms with van der Waals surface area (Å²) in [4.78, 5) is 9.14. The SMILES string of the molecule is CC/C=C\C=C/NC1=N[C@@]2(c3ccc(F)cc3F)CO[C@@H](c3nc(CO)co3)C[C@H]2CS1. The Morgan fingerprint density at radius 2 is 2.22 bits per heavy atom.